The van der Waals surface area contributed by atoms with E-state index >= 15 is 0 Å². The predicted molar refractivity (Wildman–Crippen MR) is 245 cm³/mol. The second kappa shape index (κ2) is 17.6. The van der Waals surface area contributed by atoms with Gasteiger partial charge in [-0.1, -0.05) is 0 Å². The molecule has 6 amide bonds. The molecule has 2 N–H and O–H groups in total. The quantitative estimate of drug-likeness (QED) is 0.108. The summed E-state index contributed by atoms with van der Waals surface area (Å²) in [5.74, 6) is 3.83. The minimum Gasteiger partial charge on any atom is -0.356 e. The SMILES string of the molecule is CN(CCCNC(=O)CC12CC3CC(CC(C3)C1)C2)CCCN1C(=O)c2ccc3c4c(ccc(c24)C1=O)C(=O)N(CCCN(C)CCCNC(=O)CC12CC4CC(CC(C4)C1)C2)C3=O. The zero-order valence-corrected chi connectivity index (χ0v) is 38.4. The van der Waals surface area contributed by atoms with Crippen LogP contribution in [0.3, 0.4) is 0 Å². The standard InChI is InChI=1S/C52H70N6O6/c1-55(13-3-11-53-43(59)31-51-25-33-19-34(26-51)21-35(20-33)27-51)15-5-17-57-47(61)39-7-9-41-46-42(10-8-40(45(39)46)48(57)62)50(64)58(49(41)63)18-6-16-56(2)14-4-12-54-44(60)32-52-28-36-22-37(29-52)24-38(23-36)30-52/h7-10,33-38H,3-6,11-32H2,1-2H3,(H,53,59)(H,54,60). The van der Waals surface area contributed by atoms with Crippen LogP contribution in [0.4, 0.5) is 0 Å². The molecule has 0 aromatic heterocycles. The first-order valence-electron chi connectivity index (χ1n) is 25.1. The highest BCUT2D eigenvalue weighted by atomic mass is 16.2. The zero-order chi connectivity index (χ0) is 44.3. The van der Waals surface area contributed by atoms with Crippen molar-refractivity contribution in [1.82, 2.24) is 30.2 Å². The summed E-state index contributed by atoms with van der Waals surface area (Å²) >= 11 is 0. The van der Waals surface area contributed by atoms with Crippen molar-refractivity contribution < 1.29 is 28.8 Å². The van der Waals surface area contributed by atoms with E-state index in [-0.39, 0.29) is 35.7 Å². The average molecular weight is 875 g/mol. The van der Waals surface area contributed by atoms with E-state index in [1.165, 1.54) is 86.8 Å². The predicted octanol–water partition coefficient (Wildman–Crippen LogP) is 6.90. The topological polar surface area (TPSA) is 139 Å². The van der Waals surface area contributed by atoms with Crippen molar-refractivity contribution in [3.05, 3.63) is 46.5 Å². The van der Waals surface area contributed by atoms with E-state index in [4.69, 9.17) is 0 Å². The molecule has 8 saturated carbocycles. The normalized spacial score (nSPS) is 30.8. The molecule has 8 bridgehead atoms. The van der Waals surface area contributed by atoms with Crippen LogP contribution in [0, 0.1) is 46.3 Å². The Balaban J connectivity index is 0.655. The molecule has 2 heterocycles. The van der Waals surface area contributed by atoms with E-state index in [0.717, 1.165) is 61.4 Å². The van der Waals surface area contributed by atoms with E-state index in [2.05, 4.69) is 20.4 Å². The van der Waals surface area contributed by atoms with Crippen LogP contribution < -0.4 is 10.6 Å². The lowest BCUT2D eigenvalue weighted by Crippen LogP contribution is -2.48. The number of rotatable bonds is 20. The number of benzene rings is 2. The molecular formula is C52H70N6O6. The van der Waals surface area contributed by atoms with Gasteiger partial charge >= 0.3 is 0 Å². The molecule has 8 fully saturated rings. The molecule has 12 rings (SSSR count). The lowest BCUT2D eigenvalue weighted by molar-refractivity contribution is -0.130. The van der Waals surface area contributed by atoms with Crippen molar-refractivity contribution >= 4 is 46.2 Å². The summed E-state index contributed by atoms with van der Waals surface area (Å²) in [5.41, 5.74) is 1.85. The summed E-state index contributed by atoms with van der Waals surface area (Å²) in [4.78, 5) is 88.3. The molecule has 0 unspecified atom stereocenters. The minimum absolute atomic E-state index is 0.198. The second-order valence-corrected chi connectivity index (χ2v) is 22.5. The Hall–Kier alpha value is -4.16. The van der Waals surface area contributed by atoms with Gasteiger partial charge in [-0.2, -0.15) is 0 Å². The minimum atomic E-state index is -0.405. The van der Waals surface area contributed by atoms with Gasteiger partial charge in [0, 0.05) is 72.0 Å². The largest absolute Gasteiger partial charge is 0.356 e. The van der Waals surface area contributed by atoms with Crippen LogP contribution >= 0.6 is 0 Å². The molecule has 2 aromatic carbocycles. The van der Waals surface area contributed by atoms with Crippen LogP contribution in [-0.4, -0.2) is 121 Å². The summed E-state index contributed by atoms with van der Waals surface area (Å²) in [6.45, 7) is 4.77. The molecule has 0 radical (unpaired) electrons. The molecule has 12 nitrogen and oxygen atoms in total. The van der Waals surface area contributed by atoms with Crippen molar-refractivity contribution in [3.63, 3.8) is 0 Å². The third kappa shape index (κ3) is 8.55. The van der Waals surface area contributed by atoms with Crippen LogP contribution in [-0.2, 0) is 9.59 Å². The summed E-state index contributed by atoms with van der Waals surface area (Å²) in [5, 5.41) is 7.18. The number of amides is 6. The van der Waals surface area contributed by atoms with Gasteiger partial charge in [-0.15, -0.1) is 0 Å². The van der Waals surface area contributed by atoms with Crippen molar-refractivity contribution in [2.24, 2.45) is 46.3 Å². The van der Waals surface area contributed by atoms with Gasteiger partial charge in [0.1, 0.15) is 0 Å². The molecule has 2 aliphatic heterocycles. The monoisotopic (exact) mass is 875 g/mol. The summed E-state index contributed by atoms with van der Waals surface area (Å²) in [7, 11) is 4.05. The smallest absolute Gasteiger partial charge is 0.261 e. The van der Waals surface area contributed by atoms with Crippen LogP contribution in [0.5, 0.6) is 0 Å². The molecule has 0 saturated heterocycles. The van der Waals surface area contributed by atoms with Crippen LogP contribution in [0.25, 0.3) is 10.8 Å². The third-order valence-electron chi connectivity index (χ3n) is 17.4. The highest BCUT2D eigenvalue weighted by Crippen LogP contribution is 2.62. The van der Waals surface area contributed by atoms with Gasteiger partial charge in [-0.05, 0) is 214 Å². The van der Waals surface area contributed by atoms with Crippen LogP contribution in [0.2, 0.25) is 0 Å². The zero-order valence-electron chi connectivity index (χ0n) is 38.4. The maximum atomic E-state index is 13.9. The van der Waals surface area contributed by atoms with Gasteiger partial charge in [0.05, 0.1) is 0 Å². The van der Waals surface area contributed by atoms with Crippen LogP contribution in [0.15, 0.2) is 24.3 Å². The Morgan fingerprint density at radius 3 is 1.08 bits per heavy atom. The number of nitrogens with zero attached hydrogens (tertiary/aromatic N) is 4. The highest BCUT2D eigenvalue weighted by Gasteiger charge is 2.53. The summed E-state index contributed by atoms with van der Waals surface area (Å²) < 4.78 is 0. The Morgan fingerprint density at radius 1 is 0.500 bits per heavy atom. The number of hydrogen-bond acceptors (Lipinski definition) is 8. The Kier molecular flexibility index (Phi) is 12.0. The molecule has 2 aromatic rings. The third-order valence-corrected chi connectivity index (χ3v) is 17.4. The maximum Gasteiger partial charge on any atom is 0.261 e. The van der Waals surface area contributed by atoms with Gasteiger partial charge < -0.3 is 20.4 Å². The van der Waals surface area contributed by atoms with Gasteiger partial charge in [0.25, 0.3) is 23.6 Å². The van der Waals surface area contributed by atoms with Crippen molar-refractivity contribution in [3.8, 4) is 0 Å². The van der Waals surface area contributed by atoms with Gasteiger partial charge in [-0.3, -0.25) is 38.6 Å². The van der Waals surface area contributed by atoms with Gasteiger partial charge in [0.15, 0.2) is 0 Å². The van der Waals surface area contributed by atoms with Gasteiger partial charge in [-0.25, -0.2) is 0 Å². The second-order valence-electron chi connectivity index (χ2n) is 22.5. The molecule has 8 aliphatic carbocycles. The Morgan fingerprint density at radius 2 is 0.781 bits per heavy atom. The summed E-state index contributed by atoms with van der Waals surface area (Å²) in [6, 6.07) is 6.55. The summed E-state index contributed by atoms with van der Waals surface area (Å²) in [6.07, 6.45) is 20.0. The molecule has 0 spiro atoms. The Labute approximate surface area is 379 Å². The number of carbonyl (C=O) groups excluding carboxylic acids is 6. The van der Waals surface area contributed by atoms with E-state index in [9.17, 15) is 28.8 Å². The fraction of sp³-hybridized carbons (Fsp3) is 0.692. The van der Waals surface area contributed by atoms with Crippen LogP contribution in [0.1, 0.15) is 157 Å². The molecule has 344 valence electrons. The number of imide groups is 2. The number of carbonyl (C=O) groups is 6. The van der Waals surface area contributed by atoms with E-state index in [1.807, 2.05) is 14.1 Å². The molecule has 64 heavy (non-hydrogen) atoms. The first-order valence-corrected chi connectivity index (χ1v) is 25.1. The van der Waals surface area contributed by atoms with Crippen molar-refractivity contribution in [2.45, 2.75) is 116 Å². The molecule has 12 heteroatoms. The maximum absolute atomic E-state index is 13.9. The molecular weight excluding hydrogens is 805 g/mol. The lowest BCUT2D eigenvalue weighted by atomic mass is 9.49. The number of nitrogens with one attached hydrogen (secondary N) is 2. The fourth-order valence-corrected chi connectivity index (χ4v) is 15.6. The van der Waals surface area contributed by atoms with Crippen molar-refractivity contribution in [1.29, 1.82) is 0 Å². The molecule has 0 atom stereocenters. The van der Waals surface area contributed by atoms with Crippen molar-refractivity contribution in [2.75, 3.05) is 66.5 Å². The number of hydrogen-bond donors (Lipinski definition) is 2. The van der Waals surface area contributed by atoms with Gasteiger partial charge in [0.2, 0.25) is 11.8 Å². The van der Waals surface area contributed by atoms with E-state index in [1.54, 1.807) is 24.3 Å². The Bertz CT molecular complexity index is 1920. The highest BCUT2D eigenvalue weighted by molar-refractivity contribution is 6.33. The lowest BCUT2D eigenvalue weighted by Gasteiger charge is -2.56. The first kappa shape index (κ1) is 43.7. The average Bonchev–Trinajstić information content (AvgIpc) is 3.23. The first-order chi connectivity index (χ1) is 30.8. The fourth-order valence-electron chi connectivity index (χ4n) is 15.6. The van der Waals surface area contributed by atoms with E-state index < -0.39 is 23.6 Å². The van der Waals surface area contributed by atoms with E-state index in [0.29, 0.717) is 84.9 Å². The molecule has 10 aliphatic rings.